The second-order valence-electron chi connectivity index (χ2n) is 5.53. The Hall–Kier alpha value is -1.02. The van der Waals surface area contributed by atoms with Gasteiger partial charge in [-0.3, -0.25) is 0 Å². The molecule has 2 nitrogen and oxygen atoms in total. The maximum atomic E-state index is 5.96. The molecule has 0 fully saturated rings. The minimum Gasteiger partial charge on any atom is -0.493 e. The Bertz CT molecular complexity index is 385. The molecule has 1 aromatic rings. The van der Waals surface area contributed by atoms with Gasteiger partial charge in [0.1, 0.15) is 5.75 Å². The van der Waals surface area contributed by atoms with Gasteiger partial charge in [-0.05, 0) is 62.0 Å². The standard InChI is InChI=1S/C17H29NO/c1-6-7-10-19-17-11-14(4)15(8-9-18-5)12-16(17)13(2)3/h11-13,18H,6-10H2,1-5H3. The van der Waals surface area contributed by atoms with Gasteiger partial charge < -0.3 is 10.1 Å². The summed E-state index contributed by atoms with van der Waals surface area (Å²) in [7, 11) is 2.00. The largest absolute Gasteiger partial charge is 0.493 e. The van der Waals surface area contributed by atoms with Crippen LogP contribution in [0.5, 0.6) is 5.75 Å². The molecule has 0 aliphatic heterocycles. The van der Waals surface area contributed by atoms with E-state index in [2.05, 4.69) is 45.1 Å². The van der Waals surface area contributed by atoms with Crippen LogP contribution in [0.1, 0.15) is 56.2 Å². The van der Waals surface area contributed by atoms with Crippen LogP contribution in [0.25, 0.3) is 0 Å². The van der Waals surface area contributed by atoms with E-state index in [1.165, 1.54) is 23.1 Å². The molecule has 0 heterocycles. The second kappa shape index (κ2) is 8.21. The average molecular weight is 263 g/mol. The number of aryl methyl sites for hydroxylation is 1. The summed E-state index contributed by atoms with van der Waals surface area (Å²) in [5, 5.41) is 3.22. The summed E-state index contributed by atoms with van der Waals surface area (Å²) in [6.45, 7) is 10.7. The van der Waals surface area contributed by atoms with Gasteiger partial charge >= 0.3 is 0 Å². The molecule has 0 unspecified atom stereocenters. The molecule has 0 saturated heterocycles. The molecule has 0 aromatic heterocycles. The molecular weight excluding hydrogens is 234 g/mol. The Balaban J connectivity index is 2.93. The molecule has 108 valence electrons. The summed E-state index contributed by atoms with van der Waals surface area (Å²) >= 11 is 0. The van der Waals surface area contributed by atoms with Crippen molar-refractivity contribution in [3.8, 4) is 5.75 Å². The van der Waals surface area contributed by atoms with Crippen LogP contribution >= 0.6 is 0 Å². The van der Waals surface area contributed by atoms with Crippen LogP contribution in [0.15, 0.2) is 12.1 Å². The molecule has 0 atom stereocenters. The summed E-state index contributed by atoms with van der Waals surface area (Å²) in [6, 6.07) is 4.55. The van der Waals surface area contributed by atoms with E-state index in [4.69, 9.17) is 4.74 Å². The van der Waals surface area contributed by atoms with Gasteiger partial charge in [-0.1, -0.05) is 33.3 Å². The van der Waals surface area contributed by atoms with E-state index in [0.29, 0.717) is 5.92 Å². The lowest BCUT2D eigenvalue weighted by molar-refractivity contribution is 0.305. The lowest BCUT2D eigenvalue weighted by atomic mass is 9.95. The fourth-order valence-corrected chi connectivity index (χ4v) is 2.18. The van der Waals surface area contributed by atoms with Gasteiger partial charge in [0, 0.05) is 0 Å². The smallest absolute Gasteiger partial charge is 0.123 e. The summed E-state index contributed by atoms with van der Waals surface area (Å²) < 4.78 is 5.96. The minimum atomic E-state index is 0.505. The van der Waals surface area contributed by atoms with Crippen molar-refractivity contribution in [2.24, 2.45) is 0 Å². The van der Waals surface area contributed by atoms with E-state index < -0.39 is 0 Å². The molecular formula is C17H29NO. The number of ether oxygens (including phenoxy) is 1. The van der Waals surface area contributed by atoms with E-state index in [-0.39, 0.29) is 0 Å². The van der Waals surface area contributed by atoms with Crippen molar-refractivity contribution < 1.29 is 4.74 Å². The molecule has 0 aliphatic rings. The van der Waals surface area contributed by atoms with Gasteiger partial charge in [-0.2, -0.15) is 0 Å². The maximum absolute atomic E-state index is 5.96. The first-order valence-corrected chi connectivity index (χ1v) is 7.51. The van der Waals surface area contributed by atoms with Crippen LogP contribution in [0, 0.1) is 6.92 Å². The molecule has 0 saturated carbocycles. The third kappa shape index (κ3) is 4.87. The zero-order chi connectivity index (χ0) is 14.3. The molecule has 0 spiro atoms. The highest BCUT2D eigenvalue weighted by atomic mass is 16.5. The Kier molecular flexibility index (Phi) is 6.93. The van der Waals surface area contributed by atoms with Crippen molar-refractivity contribution in [2.45, 2.75) is 52.9 Å². The van der Waals surface area contributed by atoms with Crippen LogP contribution in [-0.4, -0.2) is 20.2 Å². The first-order valence-electron chi connectivity index (χ1n) is 7.51. The number of hydrogen-bond acceptors (Lipinski definition) is 2. The number of hydrogen-bond donors (Lipinski definition) is 1. The number of rotatable bonds is 8. The molecule has 0 amide bonds. The van der Waals surface area contributed by atoms with Gasteiger partial charge in [-0.15, -0.1) is 0 Å². The summed E-state index contributed by atoms with van der Waals surface area (Å²) in [5.41, 5.74) is 4.11. The lowest BCUT2D eigenvalue weighted by Gasteiger charge is -2.18. The average Bonchev–Trinajstić information content (AvgIpc) is 2.37. The van der Waals surface area contributed by atoms with Crippen molar-refractivity contribution in [3.63, 3.8) is 0 Å². The van der Waals surface area contributed by atoms with Crippen molar-refractivity contribution in [3.05, 3.63) is 28.8 Å². The highest BCUT2D eigenvalue weighted by Gasteiger charge is 2.11. The fraction of sp³-hybridized carbons (Fsp3) is 0.647. The predicted molar refractivity (Wildman–Crippen MR) is 83.3 cm³/mol. The third-order valence-corrected chi connectivity index (χ3v) is 3.49. The van der Waals surface area contributed by atoms with Crippen LogP contribution < -0.4 is 10.1 Å². The van der Waals surface area contributed by atoms with Gasteiger partial charge in [0.05, 0.1) is 6.61 Å². The van der Waals surface area contributed by atoms with Crippen molar-refractivity contribution in [1.82, 2.24) is 5.32 Å². The molecule has 1 N–H and O–H groups in total. The molecule has 19 heavy (non-hydrogen) atoms. The molecule has 0 aliphatic carbocycles. The number of nitrogens with one attached hydrogen (secondary N) is 1. The predicted octanol–water partition coefficient (Wildman–Crippen LogP) is 4.06. The normalized spacial score (nSPS) is 11.1. The monoisotopic (exact) mass is 263 g/mol. The van der Waals surface area contributed by atoms with Gasteiger partial charge in [0.2, 0.25) is 0 Å². The highest BCUT2D eigenvalue weighted by Crippen LogP contribution is 2.30. The van der Waals surface area contributed by atoms with Gasteiger partial charge in [-0.25, -0.2) is 0 Å². The Morgan fingerprint density at radius 1 is 1.26 bits per heavy atom. The molecule has 0 bridgehead atoms. The summed E-state index contributed by atoms with van der Waals surface area (Å²) in [4.78, 5) is 0. The van der Waals surface area contributed by atoms with E-state index in [1.807, 2.05) is 7.05 Å². The number of unbranched alkanes of at least 4 members (excludes halogenated alkanes) is 1. The first kappa shape index (κ1) is 16.0. The van der Waals surface area contributed by atoms with E-state index >= 15 is 0 Å². The van der Waals surface area contributed by atoms with Crippen LogP contribution in [0.4, 0.5) is 0 Å². The van der Waals surface area contributed by atoms with Crippen molar-refractivity contribution >= 4 is 0 Å². The minimum absolute atomic E-state index is 0.505. The Morgan fingerprint density at radius 3 is 2.58 bits per heavy atom. The Morgan fingerprint density at radius 2 is 2.00 bits per heavy atom. The summed E-state index contributed by atoms with van der Waals surface area (Å²) in [5.74, 6) is 1.58. The molecule has 1 rings (SSSR count). The third-order valence-electron chi connectivity index (χ3n) is 3.49. The SMILES string of the molecule is CCCCOc1cc(C)c(CCNC)cc1C(C)C. The highest BCUT2D eigenvalue weighted by molar-refractivity contribution is 5.44. The lowest BCUT2D eigenvalue weighted by Crippen LogP contribution is -2.12. The zero-order valence-corrected chi connectivity index (χ0v) is 13.2. The number of benzene rings is 1. The number of likely N-dealkylation sites (N-methyl/N-ethyl adjacent to an activating group) is 1. The summed E-state index contributed by atoms with van der Waals surface area (Å²) in [6.07, 6.45) is 3.38. The van der Waals surface area contributed by atoms with Crippen LogP contribution in [0.2, 0.25) is 0 Å². The first-order chi connectivity index (χ1) is 9.10. The van der Waals surface area contributed by atoms with E-state index in [1.54, 1.807) is 0 Å². The molecule has 0 radical (unpaired) electrons. The van der Waals surface area contributed by atoms with Crippen molar-refractivity contribution in [1.29, 1.82) is 0 Å². The molecule has 2 heteroatoms. The molecule has 1 aromatic carbocycles. The zero-order valence-electron chi connectivity index (χ0n) is 13.2. The van der Waals surface area contributed by atoms with Crippen LogP contribution in [-0.2, 0) is 6.42 Å². The van der Waals surface area contributed by atoms with E-state index in [9.17, 15) is 0 Å². The van der Waals surface area contributed by atoms with Gasteiger partial charge in [0.25, 0.3) is 0 Å². The Labute approximate surface area is 118 Å². The quantitative estimate of drug-likeness (QED) is 0.714. The fourth-order valence-electron chi connectivity index (χ4n) is 2.18. The maximum Gasteiger partial charge on any atom is 0.123 e. The van der Waals surface area contributed by atoms with Gasteiger partial charge in [0.15, 0.2) is 0 Å². The van der Waals surface area contributed by atoms with E-state index in [0.717, 1.165) is 31.7 Å². The second-order valence-corrected chi connectivity index (χ2v) is 5.53. The van der Waals surface area contributed by atoms with Crippen LogP contribution in [0.3, 0.4) is 0 Å². The topological polar surface area (TPSA) is 21.3 Å². The van der Waals surface area contributed by atoms with Crippen molar-refractivity contribution in [2.75, 3.05) is 20.2 Å².